The number of carbonyl (C=O) groups is 1. The highest BCUT2D eigenvalue weighted by molar-refractivity contribution is 9.11. The van der Waals surface area contributed by atoms with Gasteiger partial charge in [0, 0.05) is 6.54 Å². The second-order valence-corrected chi connectivity index (χ2v) is 7.12. The summed E-state index contributed by atoms with van der Waals surface area (Å²) in [5.41, 5.74) is 0. The first kappa shape index (κ1) is 14.0. The Morgan fingerprint density at radius 2 is 2.25 bits per heavy atom. The summed E-state index contributed by atoms with van der Waals surface area (Å²) < 4.78 is 0.960. The summed E-state index contributed by atoms with van der Waals surface area (Å²) in [5, 5.41) is 2.84. The molecule has 0 fully saturated rings. The summed E-state index contributed by atoms with van der Waals surface area (Å²) in [7, 11) is 0. The highest BCUT2D eigenvalue weighted by Gasteiger charge is 2.11. The average molecular weight is 325 g/mol. The summed E-state index contributed by atoms with van der Waals surface area (Å²) in [6.07, 6.45) is 0.913. The molecule has 0 radical (unpaired) electrons. The second-order valence-electron chi connectivity index (χ2n) is 4.04. The number of nitrogens with one attached hydrogen (secondary N) is 1. The third kappa shape index (κ3) is 4.85. The van der Waals surface area contributed by atoms with E-state index < -0.39 is 0 Å². The van der Waals surface area contributed by atoms with Gasteiger partial charge < -0.3 is 5.32 Å². The predicted molar refractivity (Wildman–Crippen MR) is 73.4 cm³/mol. The van der Waals surface area contributed by atoms with Crippen molar-refractivity contribution in [3.8, 4) is 0 Å². The van der Waals surface area contributed by atoms with Crippen molar-refractivity contribution in [3.63, 3.8) is 0 Å². The van der Waals surface area contributed by atoms with Crippen LogP contribution in [-0.4, -0.2) is 17.8 Å². The van der Waals surface area contributed by atoms with Crippen LogP contribution >= 0.6 is 38.9 Å². The maximum Gasteiger partial charge on any atom is 0.261 e. The third-order valence-corrected chi connectivity index (χ3v) is 3.96. The molecule has 1 unspecified atom stereocenters. The van der Waals surface area contributed by atoms with E-state index in [-0.39, 0.29) is 11.3 Å². The molecule has 1 aromatic rings. The van der Waals surface area contributed by atoms with Gasteiger partial charge in [-0.1, -0.05) is 13.8 Å². The van der Waals surface area contributed by atoms with Crippen LogP contribution in [0.1, 0.15) is 29.9 Å². The van der Waals surface area contributed by atoms with Gasteiger partial charge in [0.1, 0.15) is 0 Å². The molecule has 1 amide bonds. The van der Waals surface area contributed by atoms with Crippen molar-refractivity contribution in [1.29, 1.82) is 0 Å². The Morgan fingerprint density at radius 3 is 2.75 bits per heavy atom. The molecule has 1 atom stereocenters. The molecule has 0 aliphatic carbocycles. The van der Waals surface area contributed by atoms with Crippen molar-refractivity contribution < 1.29 is 4.79 Å². The second kappa shape index (κ2) is 6.62. The molecule has 0 bridgehead atoms. The van der Waals surface area contributed by atoms with Crippen LogP contribution < -0.4 is 5.32 Å². The van der Waals surface area contributed by atoms with Gasteiger partial charge in [-0.2, -0.15) is 0 Å². The van der Waals surface area contributed by atoms with Gasteiger partial charge in [-0.25, -0.2) is 0 Å². The lowest BCUT2D eigenvalue weighted by molar-refractivity contribution is 0.0957. The van der Waals surface area contributed by atoms with Gasteiger partial charge >= 0.3 is 0 Å². The number of carbonyl (C=O) groups excluding carboxylic acids is 1. The molecule has 1 N–H and O–H groups in total. The molecule has 0 aliphatic heterocycles. The normalized spacial score (nSPS) is 12.8. The van der Waals surface area contributed by atoms with E-state index in [1.54, 1.807) is 6.07 Å². The Hall–Kier alpha value is -0.0600. The van der Waals surface area contributed by atoms with E-state index in [0.717, 1.165) is 10.2 Å². The Morgan fingerprint density at radius 1 is 1.56 bits per heavy atom. The lowest BCUT2D eigenvalue weighted by Crippen LogP contribution is -2.29. The van der Waals surface area contributed by atoms with Crippen molar-refractivity contribution in [2.24, 2.45) is 5.92 Å². The summed E-state index contributed by atoms with van der Waals surface area (Å²) in [5.74, 6) is 0.500. The molecular weight excluding hydrogens is 310 g/mol. The Labute approximate surface area is 114 Å². The van der Waals surface area contributed by atoms with Gasteiger partial charge in [-0.05, 0) is 40.4 Å². The van der Waals surface area contributed by atoms with E-state index in [1.165, 1.54) is 11.3 Å². The van der Waals surface area contributed by atoms with Crippen LogP contribution in [0.15, 0.2) is 15.9 Å². The standard InChI is InChI=1S/C11H15BrClNOS/c1-7(2)5-8(13)6-14-11(15)9-3-4-10(12)16-9/h3-4,7-8H,5-6H2,1-2H3,(H,14,15). The molecule has 90 valence electrons. The molecule has 0 aromatic carbocycles. The van der Waals surface area contributed by atoms with Gasteiger partial charge in [0.25, 0.3) is 5.91 Å². The van der Waals surface area contributed by atoms with Crippen LogP contribution in [0.2, 0.25) is 0 Å². The van der Waals surface area contributed by atoms with Crippen LogP contribution in [0.25, 0.3) is 0 Å². The number of alkyl halides is 1. The maximum absolute atomic E-state index is 11.7. The zero-order chi connectivity index (χ0) is 12.1. The van der Waals surface area contributed by atoms with Gasteiger partial charge in [0.2, 0.25) is 0 Å². The molecule has 1 heterocycles. The number of hydrogen-bond acceptors (Lipinski definition) is 2. The topological polar surface area (TPSA) is 29.1 Å². The maximum atomic E-state index is 11.7. The fourth-order valence-electron chi connectivity index (χ4n) is 1.32. The van der Waals surface area contributed by atoms with Crippen molar-refractivity contribution in [2.45, 2.75) is 25.6 Å². The molecule has 0 aliphatic rings. The average Bonchev–Trinajstić information content (AvgIpc) is 2.60. The highest BCUT2D eigenvalue weighted by Crippen LogP contribution is 2.21. The van der Waals surface area contributed by atoms with Crippen LogP contribution in [-0.2, 0) is 0 Å². The van der Waals surface area contributed by atoms with E-state index in [2.05, 4.69) is 35.1 Å². The SMILES string of the molecule is CC(C)CC(Cl)CNC(=O)c1ccc(Br)s1. The lowest BCUT2D eigenvalue weighted by atomic mass is 10.1. The van der Waals surface area contributed by atoms with E-state index in [1.807, 2.05) is 6.07 Å². The largest absolute Gasteiger partial charge is 0.350 e. The van der Waals surface area contributed by atoms with Crippen molar-refractivity contribution in [2.75, 3.05) is 6.54 Å². The number of thiophene rings is 1. The van der Waals surface area contributed by atoms with Crippen LogP contribution in [0.5, 0.6) is 0 Å². The monoisotopic (exact) mass is 323 g/mol. The first-order valence-corrected chi connectivity index (χ1v) is 7.21. The van der Waals surface area contributed by atoms with E-state index in [9.17, 15) is 4.79 Å². The molecule has 5 heteroatoms. The minimum absolute atomic E-state index is 0.00681. The summed E-state index contributed by atoms with van der Waals surface area (Å²) in [6, 6.07) is 3.67. The predicted octanol–water partition coefficient (Wildman–Crippen LogP) is 3.89. The molecule has 0 saturated heterocycles. The van der Waals surface area contributed by atoms with Crippen molar-refractivity contribution in [1.82, 2.24) is 5.32 Å². The lowest BCUT2D eigenvalue weighted by Gasteiger charge is -2.12. The zero-order valence-electron chi connectivity index (χ0n) is 9.30. The number of amides is 1. The zero-order valence-corrected chi connectivity index (χ0v) is 12.5. The number of halogens is 2. The van der Waals surface area contributed by atoms with Crippen molar-refractivity contribution >= 4 is 44.8 Å². The third-order valence-electron chi connectivity index (χ3n) is 2.01. The summed E-state index contributed by atoms with van der Waals surface area (Å²) >= 11 is 10.8. The highest BCUT2D eigenvalue weighted by atomic mass is 79.9. The first-order valence-electron chi connectivity index (χ1n) is 5.16. The molecule has 1 rings (SSSR count). The fraction of sp³-hybridized carbons (Fsp3) is 0.545. The van der Waals surface area contributed by atoms with Gasteiger partial charge in [0.05, 0.1) is 14.0 Å². The van der Waals surface area contributed by atoms with Crippen LogP contribution in [0, 0.1) is 5.92 Å². The van der Waals surface area contributed by atoms with Crippen LogP contribution in [0.4, 0.5) is 0 Å². The Kier molecular flexibility index (Phi) is 5.79. The van der Waals surface area contributed by atoms with E-state index >= 15 is 0 Å². The molecular formula is C11H15BrClNOS. The van der Waals surface area contributed by atoms with Gasteiger partial charge in [-0.15, -0.1) is 22.9 Å². The Bertz CT molecular complexity index is 354. The van der Waals surface area contributed by atoms with Gasteiger partial charge in [0.15, 0.2) is 0 Å². The number of rotatable bonds is 5. The number of hydrogen-bond donors (Lipinski definition) is 1. The summed E-state index contributed by atoms with van der Waals surface area (Å²) in [6.45, 7) is 4.76. The Balaban J connectivity index is 2.35. The molecule has 16 heavy (non-hydrogen) atoms. The van der Waals surface area contributed by atoms with Gasteiger partial charge in [-0.3, -0.25) is 4.79 Å². The molecule has 0 saturated carbocycles. The molecule has 0 spiro atoms. The molecule has 2 nitrogen and oxygen atoms in total. The minimum Gasteiger partial charge on any atom is -0.350 e. The van der Waals surface area contributed by atoms with E-state index in [4.69, 9.17) is 11.6 Å². The molecule has 1 aromatic heterocycles. The quantitative estimate of drug-likeness (QED) is 0.818. The van der Waals surface area contributed by atoms with E-state index in [0.29, 0.717) is 17.3 Å². The first-order chi connectivity index (χ1) is 7.49. The van der Waals surface area contributed by atoms with Crippen molar-refractivity contribution in [3.05, 3.63) is 20.8 Å². The van der Waals surface area contributed by atoms with Crippen LogP contribution in [0.3, 0.4) is 0 Å². The minimum atomic E-state index is -0.0508. The smallest absolute Gasteiger partial charge is 0.261 e. The fourth-order valence-corrected chi connectivity index (χ4v) is 3.06. The summed E-state index contributed by atoms with van der Waals surface area (Å²) in [4.78, 5) is 12.4.